The molecule has 0 aromatic carbocycles. The Morgan fingerprint density at radius 2 is 0.727 bits per heavy atom. The summed E-state index contributed by atoms with van der Waals surface area (Å²) >= 11 is 0. The molecule has 0 fully saturated rings. The van der Waals surface area contributed by atoms with Gasteiger partial charge in [0, 0.05) is 0 Å². The zero-order valence-electron chi connectivity index (χ0n) is 5.51. The van der Waals surface area contributed by atoms with E-state index in [1.165, 1.54) is 0 Å². The van der Waals surface area contributed by atoms with E-state index in [0.717, 1.165) is 0 Å². The molecule has 0 aromatic heterocycles. The van der Waals surface area contributed by atoms with Crippen molar-refractivity contribution in [2.45, 2.75) is 0 Å². The molecular formula is C3H11BiO7. The maximum absolute atomic E-state index is 8.36. The summed E-state index contributed by atoms with van der Waals surface area (Å²) in [6.07, 6.45) is 0. The molecule has 70 valence electrons. The van der Waals surface area contributed by atoms with E-state index in [-0.39, 0.29) is 51.1 Å². The van der Waals surface area contributed by atoms with Crippen LogP contribution in [-0.2, 0) is 14.4 Å². The Hall–Kier alpha value is -0.747. The molecule has 0 heterocycles. The van der Waals surface area contributed by atoms with Gasteiger partial charge in [0.1, 0.15) is 0 Å². The van der Waals surface area contributed by atoms with Crippen LogP contribution in [0.15, 0.2) is 0 Å². The molecule has 0 aliphatic rings. The quantitative estimate of drug-likeness (QED) is 0.309. The zero-order chi connectivity index (χ0) is 8.12. The van der Waals surface area contributed by atoms with Crippen LogP contribution in [0.25, 0.3) is 0 Å². The predicted octanol–water partition coefficient (Wildman–Crippen LogP) is -2.91. The van der Waals surface area contributed by atoms with Crippen molar-refractivity contribution in [2.75, 3.05) is 0 Å². The standard InChI is InChI=1S/3CH2O2.Bi.H2O.3H/c3*2-1-3;;;;;/h3*1H,(H,2,3);;1H2;;;. The first kappa shape index (κ1) is 31.8. The molecule has 0 aliphatic heterocycles. The van der Waals surface area contributed by atoms with E-state index in [0.29, 0.717) is 0 Å². The van der Waals surface area contributed by atoms with E-state index < -0.39 is 0 Å². The van der Waals surface area contributed by atoms with E-state index in [4.69, 9.17) is 29.7 Å². The van der Waals surface area contributed by atoms with Crippen LogP contribution in [0, 0.1) is 0 Å². The van der Waals surface area contributed by atoms with Crippen molar-refractivity contribution in [3.05, 3.63) is 0 Å². The molecule has 0 aromatic rings. The topological polar surface area (TPSA) is 143 Å². The van der Waals surface area contributed by atoms with Gasteiger partial charge in [0.2, 0.25) is 0 Å². The van der Waals surface area contributed by atoms with Crippen LogP contribution in [0.5, 0.6) is 0 Å². The van der Waals surface area contributed by atoms with Gasteiger partial charge in [-0.3, -0.25) is 14.4 Å². The van der Waals surface area contributed by atoms with Gasteiger partial charge in [-0.1, -0.05) is 0 Å². The zero-order valence-corrected chi connectivity index (χ0v) is 11.0. The third-order valence-electron chi connectivity index (χ3n) is 0. The molecule has 8 heteroatoms. The molecule has 0 unspecified atom stereocenters. The molecule has 0 amide bonds. The third kappa shape index (κ3) is 873. The van der Waals surface area contributed by atoms with Crippen molar-refractivity contribution in [1.82, 2.24) is 0 Å². The van der Waals surface area contributed by atoms with Gasteiger partial charge in [-0.2, -0.15) is 0 Å². The van der Waals surface area contributed by atoms with Gasteiger partial charge >= 0.3 is 26.2 Å². The average molecular weight is 368 g/mol. The fourth-order valence-corrected chi connectivity index (χ4v) is 0. The van der Waals surface area contributed by atoms with Crippen LogP contribution in [0.3, 0.4) is 0 Å². The molecule has 0 radical (unpaired) electrons. The van der Waals surface area contributed by atoms with Gasteiger partial charge in [0.25, 0.3) is 19.4 Å². The van der Waals surface area contributed by atoms with Crippen LogP contribution in [0.1, 0.15) is 0 Å². The van der Waals surface area contributed by atoms with Gasteiger partial charge in [-0.15, -0.1) is 0 Å². The first-order chi connectivity index (χ1) is 4.24. The van der Waals surface area contributed by atoms with Crippen LogP contribution in [0.2, 0.25) is 0 Å². The van der Waals surface area contributed by atoms with Crippen molar-refractivity contribution in [2.24, 2.45) is 0 Å². The number of rotatable bonds is 0. The van der Waals surface area contributed by atoms with Gasteiger partial charge < -0.3 is 20.8 Å². The molecule has 0 saturated heterocycles. The molecule has 11 heavy (non-hydrogen) atoms. The Bertz CT molecular complexity index is 50.4. The Labute approximate surface area is 81.1 Å². The van der Waals surface area contributed by atoms with Gasteiger partial charge in [0.05, 0.1) is 0 Å². The van der Waals surface area contributed by atoms with Crippen molar-refractivity contribution in [1.29, 1.82) is 0 Å². The Morgan fingerprint density at radius 3 is 0.727 bits per heavy atom. The minimum atomic E-state index is -0.250. The average Bonchev–Trinajstić information content (AvgIpc) is 1.70. The fraction of sp³-hybridized carbons (Fsp3) is 0. The Balaban J connectivity index is -0.0000000150. The van der Waals surface area contributed by atoms with Crippen molar-refractivity contribution in [3.63, 3.8) is 0 Å². The van der Waals surface area contributed by atoms with E-state index >= 15 is 0 Å². The molecule has 5 N–H and O–H groups in total. The second-order valence-corrected chi connectivity index (χ2v) is 0.316. The SMILES string of the molecule is O.O=CO.O=CO.O=CO.[BiH3]. The predicted molar refractivity (Wildman–Crippen MR) is 39.6 cm³/mol. The van der Waals surface area contributed by atoms with E-state index in [2.05, 4.69) is 0 Å². The van der Waals surface area contributed by atoms with E-state index in [1.807, 2.05) is 0 Å². The van der Waals surface area contributed by atoms with Crippen LogP contribution < -0.4 is 0 Å². The van der Waals surface area contributed by atoms with Crippen LogP contribution >= 0.6 is 0 Å². The van der Waals surface area contributed by atoms with Crippen molar-refractivity contribution >= 4 is 45.6 Å². The summed E-state index contributed by atoms with van der Waals surface area (Å²) in [5.74, 6) is 0. The molecule has 0 saturated carbocycles. The Morgan fingerprint density at radius 1 is 0.727 bits per heavy atom. The van der Waals surface area contributed by atoms with E-state index in [1.54, 1.807) is 0 Å². The van der Waals surface area contributed by atoms with Crippen molar-refractivity contribution < 1.29 is 35.2 Å². The van der Waals surface area contributed by atoms with Gasteiger partial charge in [0.15, 0.2) is 0 Å². The molecule has 7 nitrogen and oxygen atoms in total. The molecule has 0 rings (SSSR count). The summed E-state index contributed by atoms with van der Waals surface area (Å²) in [7, 11) is 0. The van der Waals surface area contributed by atoms with Crippen molar-refractivity contribution in [3.8, 4) is 0 Å². The summed E-state index contributed by atoms with van der Waals surface area (Å²) in [5, 5.41) is 20.7. The molecule has 0 aliphatic carbocycles. The monoisotopic (exact) mass is 368 g/mol. The van der Waals surface area contributed by atoms with Gasteiger partial charge in [-0.05, 0) is 0 Å². The fourth-order valence-electron chi connectivity index (χ4n) is 0. The Kier molecular flexibility index (Phi) is 359. The molecular weight excluding hydrogens is 357 g/mol. The number of hydrogen-bond acceptors (Lipinski definition) is 3. The number of carboxylic acid groups (broad SMARTS) is 3. The van der Waals surface area contributed by atoms with Gasteiger partial charge in [-0.25, -0.2) is 0 Å². The third-order valence-corrected chi connectivity index (χ3v) is 0. The maximum atomic E-state index is 8.36. The summed E-state index contributed by atoms with van der Waals surface area (Å²) in [6.45, 7) is -0.750. The number of hydrogen-bond donors (Lipinski definition) is 3. The second-order valence-electron chi connectivity index (χ2n) is 0.316. The molecule has 0 atom stereocenters. The molecule has 0 bridgehead atoms. The van der Waals surface area contributed by atoms with E-state index in [9.17, 15) is 0 Å². The normalized spacial score (nSPS) is 3.27. The number of carbonyl (C=O) groups is 3. The second kappa shape index (κ2) is 124. The summed E-state index contributed by atoms with van der Waals surface area (Å²) in [5.41, 5.74) is 0. The first-order valence-corrected chi connectivity index (χ1v) is 1.48. The minimum absolute atomic E-state index is 0. The summed E-state index contributed by atoms with van der Waals surface area (Å²) in [4.78, 5) is 25.1. The van der Waals surface area contributed by atoms with Crippen LogP contribution in [-0.4, -0.2) is 66.4 Å². The summed E-state index contributed by atoms with van der Waals surface area (Å²) in [6, 6.07) is 0. The van der Waals surface area contributed by atoms with Crippen LogP contribution in [0.4, 0.5) is 0 Å². The summed E-state index contributed by atoms with van der Waals surface area (Å²) < 4.78 is 0. The molecule has 0 spiro atoms. The first-order valence-electron chi connectivity index (χ1n) is 1.48.